The Morgan fingerprint density at radius 1 is 1.26 bits per heavy atom. The molecule has 1 saturated heterocycles. The average molecular weight is 390 g/mol. The third-order valence-corrected chi connectivity index (χ3v) is 5.04. The lowest BCUT2D eigenvalue weighted by molar-refractivity contribution is 0.543. The van der Waals surface area contributed by atoms with Crippen LogP contribution in [0.4, 0.5) is 17.3 Å². The molecular formula is C19H28ClN7. The second-order valence-corrected chi connectivity index (χ2v) is 8.48. The van der Waals surface area contributed by atoms with E-state index in [4.69, 9.17) is 33.9 Å². The van der Waals surface area contributed by atoms with Gasteiger partial charge in [0.25, 0.3) is 0 Å². The molecule has 6 N–H and O–H groups in total. The van der Waals surface area contributed by atoms with E-state index in [2.05, 4.69) is 30.7 Å². The summed E-state index contributed by atoms with van der Waals surface area (Å²) in [5.41, 5.74) is 13.7. The quantitative estimate of drug-likeness (QED) is 0.544. The summed E-state index contributed by atoms with van der Waals surface area (Å²) >= 11 is 6.28. The molecule has 0 bridgehead atoms. The maximum Gasteiger partial charge on any atom is 0.172 e. The van der Waals surface area contributed by atoms with Crippen LogP contribution in [-0.2, 0) is 12.0 Å². The molecule has 0 radical (unpaired) electrons. The lowest BCUT2D eigenvalue weighted by Crippen LogP contribution is -2.35. The molecule has 8 heteroatoms. The van der Waals surface area contributed by atoms with Gasteiger partial charge >= 0.3 is 0 Å². The topological polar surface area (TPSA) is 110 Å². The third-order valence-electron chi connectivity index (χ3n) is 4.67. The Morgan fingerprint density at radius 3 is 2.56 bits per heavy atom. The van der Waals surface area contributed by atoms with E-state index in [1.807, 2.05) is 24.3 Å². The number of rotatable bonds is 4. The first-order chi connectivity index (χ1) is 12.7. The highest BCUT2D eigenvalue weighted by Gasteiger charge is 2.28. The summed E-state index contributed by atoms with van der Waals surface area (Å²) in [4.78, 5) is 11.6. The van der Waals surface area contributed by atoms with Crippen LogP contribution in [0.5, 0.6) is 0 Å². The predicted octanol–water partition coefficient (Wildman–Crippen LogP) is 2.43. The van der Waals surface area contributed by atoms with Gasteiger partial charge in [0.2, 0.25) is 0 Å². The van der Waals surface area contributed by atoms with Gasteiger partial charge in [0, 0.05) is 29.6 Å². The molecule has 0 saturated carbocycles. The van der Waals surface area contributed by atoms with Crippen molar-refractivity contribution in [3.63, 3.8) is 0 Å². The first-order valence-electron chi connectivity index (χ1n) is 9.11. The molecule has 1 aliphatic heterocycles. The van der Waals surface area contributed by atoms with Crippen LogP contribution in [0.1, 0.15) is 38.6 Å². The van der Waals surface area contributed by atoms with Crippen molar-refractivity contribution in [1.82, 2.24) is 9.97 Å². The van der Waals surface area contributed by atoms with Gasteiger partial charge in [-0.05, 0) is 18.1 Å². The first-order valence-corrected chi connectivity index (χ1v) is 9.48. The summed E-state index contributed by atoms with van der Waals surface area (Å²) < 4.78 is 0. The van der Waals surface area contributed by atoms with Gasteiger partial charge in [-0.15, -0.1) is 0 Å². The number of halogens is 1. The van der Waals surface area contributed by atoms with E-state index in [1.54, 1.807) is 0 Å². The van der Waals surface area contributed by atoms with E-state index in [9.17, 15) is 0 Å². The molecule has 0 amide bonds. The number of anilines is 3. The second-order valence-electron chi connectivity index (χ2n) is 8.07. The van der Waals surface area contributed by atoms with Crippen LogP contribution in [0, 0.1) is 0 Å². The summed E-state index contributed by atoms with van der Waals surface area (Å²) in [7, 11) is 0. The van der Waals surface area contributed by atoms with Crippen molar-refractivity contribution in [3.05, 3.63) is 40.7 Å². The lowest BCUT2D eigenvalue weighted by atomic mass is 9.95. The predicted molar refractivity (Wildman–Crippen MR) is 112 cm³/mol. The van der Waals surface area contributed by atoms with E-state index < -0.39 is 0 Å². The number of benzene rings is 1. The number of hydrogen-bond acceptors (Lipinski definition) is 7. The molecule has 1 atom stereocenters. The highest BCUT2D eigenvalue weighted by atomic mass is 35.5. The van der Waals surface area contributed by atoms with Gasteiger partial charge in [-0.3, -0.25) is 5.01 Å². The molecule has 27 heavy (non-hydrogen) atoms. The van der Waals surface area contributed by atoms with Crippen molar-refractivity contribution in [2.24, 2.45) is 11.6 Å². The largest absolute Gasteiger partial charge is 0.393 e. The maximum atomic E-state index is 6.45. The normalized spacial score (nSPS) is 17.4. The third kappa shape index (κ3) is 4.26. The molecule has 2 aromatic rings. The minimum absolute atomic E-state index is 0.123. The Morgan fingerprint density at radius 2 is 1.96 bits per heavy atom. The molecule has 1 unspecified atom stereocenters. The molecule has 1 aliphatic rings. The smallest absolute Gasteiger partial charge is 0.172 e. The van der Waals surface area contributed by atoms with Crippen molar-refractivity contribution in [2.75, 3.05) is 28.7 Å². The number of aromatic nitrogens is 2. The fraction of sp³-hybridized carbons (Fsp3) is 0.474. The van der Waals surface area contributed by atoms with Gasteiger partial charge in [0.05, 0.1) is 6.54 Å². The van der Waals surface area contributed by atoms with Gasteiger partial charge in [-0.2, -0.15) is 0 Å². The van der Waals surface area contributed by atoms with E-state index in [0.29, 0.717) is 34.7 Å². The summed E-state index contributed by atoms with van der Waals surface area (Å²) in [5.74, 6) is 8.26. The van der Waals surface area contributed by atoms with Crippen LogP contribution in [0.2, 0.25) is 5.02 Å². The van der Waals surface area contributed by atoms with Gasteiger partial charge < -0.3 is 16.4 Å². The van der Waals surface area contributed by atoms with Gasteiger partial charge in [-0.25, -0.2) is 15.8 Å². The summed E-state index contributed by atoms with van der Waals surface area (Å²) in [6.07, 6.45) is 0.912. The van der Waals surface area contributed by atoms with Gasteiger partial charge in [0.1, 0.15) is 11.5 Å². The molecule has 2 heterocycles. The zero-order valence-corrected chi connectivity index (χ0v) is 16.9. The lowest BCUT2D eigenvalue weighted by Gasteiger charge is -2.28. The van der Waals surface area contributed by atoms with Crippen LogP contribution >= 0.6 is 11.6 Å². The van der Waals surface area contributed by atoms with E-state index in [1.165, 1.54) is 5.01 Å². The van der Waals surface area contributed by atoms with Crippen LogP contribution in [0.15, 0.2) is 24.3 Å². The van der Waals surface area contributed by atoms with E-state index in [-0.39, 0.29) is 11.5 Å². The van der Waals surface area contributed by atoms with Crippen molar-refractivity contribution < 1.29 is 0 Å². The molecule has 146 valence electrons. The van der Waals surface area contributed by atoms with Crippen molar-refractivity contribution in [1.29, 1.82) is 0 Å². The fourth-order valence-corrected chi connectivity index (χ4v) is 3.30. The Kier molecular flexibility index (Phi) is 5.46. The number of nitrogens with zero attached hydrogens (tertiary/aromatic N) is 4. The van der Waals surface area contributed by atoms with Gasteiger partial charge in [0.15, 0.2) is 11.6 Å². The van der Waals surface area contributed by atoms with Crippen LogP contribution in [0.3, 0.4) is 0 Å². The molecule has 7 nitrogen and oxygen atoms in total. The number of nitrogens with two attached hydrogens (primary N) is 3. The van der Waals surface area contributed by atoms with Crippen LogP contribution < -0.4 is 27.2 Å². The Bertz CT molecular complexity index is 818. The average Bonchev–Trinajstić information content (AvgIpc) is 3.02. The zero-order chi connectivity index (χ0) is 19.8. The highest BCUT2D eigenvalue weighted by Crippen LogP contribution is 2.34. The highest BCUT2D eigenvalue weighted by molar-refractivity contribution is 6.31. The molecule has 0 spiro atoms. The summed E-state index contributed by atoms with van der Waals surface area (Å²) in [6.45, 7) is 8.13. The molecule has 1 aromatic heterocycles. The molecule has 0 aliphatic carbocycles. The Hall–Kier alpha value is -2.09. The monoisotopic (exact) mass is 389 g/mol. The SMILES string of the molecule is CC(C)(C)c1nc(N(N)Cc2ccccc2Cl)c(N)c(N2CCC(N)C2)n1. The fourth-order valence-electron chi connectivity index (χ4n) is 3.11. The van der Waals surface area contributed by atoms with Crippen molar-refractivity contribution in [3.8, 4) is 0 Å². The minimum Gasteiger partial charge on any atom is -0.393 e. The standard InChI is InChI=1S/C19H28ClN7/c1-19(2,3)18-24-16(26-9-8-13(21)11-26)15(22)17(25-18)27(23)10-12-6-4-5-7-14(12)20/h4-7,13H,8-11,21-23H2,1-3H3. The number of hydrogen-bond donors (Lipinski definition) is 3. The van der Waals surface area contributed by atoms with Crippen molar-refractivity contribution in [2.45, 2.75) is 45.2 Å². The van der Waals surface area contributed by atoms with E-state index in [0.717, 1.165) is 25.1 Å². The molecule has 3 rings (SSSR count). The molecule has 1 fully saturated rings. The summed E-state index contributed by atoms with van der Waals surface area (Å²) in [6, 6.07) is 7.71. The van der Waals surface area contributed by atoms with Crippen LogP contribution in [-0.4, -0.2) is 29.1 Å². The number of nitrogen functional groups attached to an aromatic ring is 1. The van der Waals surface area contributed by atoms with Crippen LogP contribution in [0.25, 0.3) is 0 Å². The number of hydrazine groups is 1. The van der Waals surface area contributed by atoms with Gasteiger partial charge in [-0.1, -0.05) is 50.6 Å². The molecule has 1 aromatic carbocycles. The first kappa shape index (κ1) is 19.7. The van der Waals surface area contributed by atoms with E-state index >= 15 is 0 Å². The second kappa shape index (κ2) is 7.50. The maximum absolute atomic E-state index is 6.45. The zero-order valence-electron chi connectivity index (χ0n) is 16.1. The van der Waals surface area contributed by atoms with Crippen molar-refractivity contribution >= 4 is 28.9 Å². The molecular weight excluding hydrogens is 362 g/mol. The Labute approximate surface area is 165 Å². The minimum atomic E-state index is -0.246. The summed E-state index contributed by atoms with van der Waals surface area (Å²) in [5, 5.41) is 2.19. The Balaban J connectivity index is 2.01.